The lowest BCUT2D eigenvalue weighted by Gasteiger charge is -2.34. The molecule has 1 atom stereocenters. The summed E-state index contributed by atoms with van der Waals surface area (Å²) >= 11 is 0. The number of anilines is 1. The first-order valence-corrected chi connectivity index (χ1v) is 9.42. The minimum atomic E-state index is -4.60. The minimum Gasteiger partial charge on any atom is -0.375 e. The molecule has 1 saturated heterocycles. The molecule has 1 aliphatic heterocycles. The van der Waals surface area contributed by atoms with E-state index in [1.165, 1.54) is 16.8 Å². The molecule has 3 aromatic heterocycles. The summed E-state index contributed by atoms with van der Waals surface area (Å²) < 4.78 is 54.0. The van der Waals surface area contributed by atoms with E-state index in [1.54, 1.807) is 6.07 Å². The molecule has 0 bridgehead atoms. The third-order valence-electron chi connectivity index (χ3n) is 5.17. The summed E-state index contributed by atoms with van der Waals surface area (Å²) in [6, 6.07) is 1.67. The number of nitrogens with two attached hydrogens (primary N) is 1. The number of nitrogens with one attached hydrogen (secondary N) is 1. The molecule has 31 heavy (non-hydrogen) atoms. The second-order valence-electron chi connectivity index (χ2n) is 7.11. The number of alkyl halides is 3. The smallest absolute Gasteiger partial charge is 0.375 e. The highest BCUT2D eigenvalue weighted by atomic mass is 19.4. The van der Waals surface area contributed by atoms with E-state index < -0.39 is 17.8 Å². The van der Waals surface area contributed by atoms with Gasteiger partial charge in [0.25, 0.3) is 0 Å². The molecule has 0 aliphatic carbocycles. The molecule has 0 radical (unpaired) electrons. The molecule has 1 aliphatic rings. The van der Waals surface area contributed by atoms with Crippen LogP contribution in [0.1, 0.15) is 18.5 Å². The van der Waals surface area contributed by atoms with Gasteiger partial charge in [-0.05, 0) is 18.9 Å². The zero-order valence-corrected chi connectivity index (χ0v) is 16.1. The number of imidazole rings is 1. The molecule has 12 heteroatoms. The van der Waals surface area contributed by atoms with Crippen LogP contribution in [0.25, 0.3) is 17.2 Å². The monoisotopic (exact) mass is 434 g/mol. The normalized spacial score (nSPS) is 18.2. The lowest BCUT2D eigenvalue weighted by molar-refractivity contribution is -0.141. The van der Waals surface area contributed by atoms with Gasteiger partial charge in [0.2, 0.25) is 0 Å². The average molecular weight is 434 g/mol. The van der Waals surface area contributed by atoms with E-state index in [0.717, 1.165) is 25.0 Å². The molecule has 1 unspecified atom stereocenters. The van der Waals surface area contributed by atoms with E-state index in [4.69, 9.17) is 11.1 Å². The second kappa shape index (κ2) is 7.93. The molecule has 8 nitrogen and oxygen atoms in total. The van der Waals surface area contributed by atoms with Gasteiger partial charge in [0, 0.05) is 43.2 Å². The number of aromatic nitrogens is 5. The maximum absolute atomic E-state index is 13.6. The number of fused-ring (bicyclic) bond motifs is 1. The Morgan fingerprint density at radius 2 is 2.03 bits per heavy atom. The lowest BCUT2D eigenvalue weighted by Crippen LogP contribution is -2.37. The van der Waals surface area contributed by atoms with Crippen LogP contribution in [0.2, 0.25) is 0 Å². The van der Waals surface area contributed by atoms with Crippen molar-refractivity contribution in [3.63, 3.8) is 0 Å². The van der Waals surface area contributed by atoms with Gasteiger partial charge in [0.1, 0.15) is 11.5 Å². The fourth-order valence-electron chi connectivity index (χ4n) is 3.67. The first kappa shape index (κ1) is 20.7. The van der Waals surface area contributed by atoms with E-state index in [2.05, 4.69) is 19.9 Å². The van der Waals surface area contributed by atoms with Crippen molar-refractivity contribution in [3.8, 4) is 11.5 Å². The number of hydrogen-bond donors (Lipinski definition) is 2. The van der Waals surface area contributed by atoms with Crippen molar-refractivity contribution >= 4 is 17.7 Å². The maximum Gasteiger partial charge on any atom is 0.434 e. The lowest BCUT2D eigenvalue weighted by atomic mass is 9.91. The van der Waals surface area contributed by atoms with E-state index in [0.29, 0.717) is 25.3 Å². The number of rotatable bonds is 4. The van der Waals surface area contributed by atoms with Gasteiger partial charge in [0.15, 0.2) is 23.1 Å². The van der Waals surface area contributed by atoms with Gasteiger partial charge in [-0.25, -0.2) is 19.9 Å². The van der Waals surface area contributed by atoms with E-state index in [-0.39, 0.29) is 28.7 Å². The Hall–Kier alpha value is -3.57. The fourth-order valence-corrected chi connectivity index (χ4v) is 3.67. The first-order chi connectivity index (χ1) is 14.8. The molecule has 0 spiro atoms. The van der Waals surface area contributed by atoms with E-state index in [9.17, 15) is 17.6 Å². The number of nitrogens with zero attached hydrogens (tertiary/aromatic N) is 6. The molecule has 162 valence electrons. The zero-order valence-electron chi connectivity index (χ0n) is 16.1. The number of hydrogen-bond acceptors (Lipinski definition) is 7. The highest BCUT2D eigenvalue weighted by molar-refractivity contribution is 5.77. The Morgan fingerprint density at radius 1 is 1.23 bits per heavy atom. The van der Waals surface area contributed by atoms with Gasteiger partial charge in [-0.3, -0.25) is 4.40 Å². The zero-order chi connectivity index (χ0) is 22.2. The van der Waals surface area contributed by atoms with Crippen LogP contribution in [0.15, 0.2) is 42.4 Å². The first-order valence-electron chi connectivity index (χ1n) is 9.42. The van der Waals surface area contributed by atoms with E-state index >= 15 is 0 Å². The molecule has 4 heterocycles. The maximum atomic E-state index is 13.6. The highest BCUT2D eigenvalue weighted by Gasteiger charge is 2.33. The van der Waals surface area contributed by atoms with Gasteiger partial charge in [-0.2, -0.15) is 17.6 Å². The van der Waals surface area contributed by atoms with Gasteiger partial charge in [-0.15, -0.1) is 0 Å². The Balaban J connectivity index is 1.68. The molecule has 3 N–H and O–H groups in total. The van der Waals surface area contributed by atoms with Gasteiger partial charge < -0.3 is 16.0 Å². The Kier molecular flexibility index (Phi) is 5.29. The van der Waals surface area contributed by atoms with Gasteiger partial charge >= 0.3 is 6.18 Å². The summed E-state index contributed by atoms with van der Waals surface area (Å²) in [5.41, 5.74) is 4.88. The molecule has 4 rings (SSSR count). The Morgan fingerprint density at radius 3 is 2.74 bits per heavy atom. The Labute approximate surface area is 174 Å². The van der Waals surface area contributed by atoms with Crippen LogP contribution in [0.4, 0.5) is 23.4 Å². The van der Waals surface area contributed by atoms with Crippen molar-refractivity contribution in [3.05, 3.63) is 48.1 Å². The van der Waals surface area contributed by atoms with Crippen molar-refractivity contribution in [1.29, 1.82) is 5.41 Å². The fraction of sp³-hybridized carbons (Fsp3) is 0.316. The van der Waals surface area contributed by atoms with Crippen molar-refractivity contribution in [2.75, 3.05) is 18.0 Å². The van der Waals surface area contributed by atoms with Crippen LogP contribution in [0.5, 0.6) is 0 Å². The summed E-state index contributed by atoms with van der Waals surface area (Å²) in [6.45, 7) is 1.06. The standard InChI is InChI=1S/C19H18F4N8/c20-17(25)12(6-24)11-2-1-5-30(9-11)15-3-4-26-18(29-15)13-7-28-16-8-27-14(10-31(13)16)19(21,22)23/h3-4,6-8,10-11,24H,1-2,5,9,25H2/b17-12+,24-6?. The van der Waals surface area contributed by atoms with Crippen LogP contribution in [-0.2, 0) is 6.18 Å². The van der Waals surface area contributed by atoms with Crippen LogP contribution in [0, 0.1) is 11.3 Å². The molecule has 1 fully saturated rings. The third-order valence-corrected chi connectivity index (χ3v) is 5.17. The van der Waals surface area contributed by atoms with Crippen LogP contribution in [-0.4, -0.2) is 43.6 Å². The van der Waals surface area contributed by atoms with Crippen LogP contribution >= 0.6 is 0 Å². The van der Waals surface area contributed by atoms with Crippen molar-refractivity contribution in [2.24, 2.45) is 11.7 Å². The quantitative estimate of drug-likeness (QED) is 0.371. The highest BCUT2D eigenvalue weighted by Crippen LogP contribution is 2.30. The summed E-state index contributed by atoms with van der Waals surface area (Å²) in [7, 11) is 0. The number of halogens is 4. The van der Waals surface area contributed by atoms with Crippen LogP contribution in [0.3, 0.4) is 0 Å². The largest absolute Gasteiger partial charge is 0.434 e. The minimum absolute atomic E-state index is 0.146. The van der Waals surface area contributed by atoms with Crippen molar-refractivity contribution in [1.82, 2.24) is 24.3 Å². The second-order valence-corrected chi connectivity index (χ2v) is 7.11. The van der Waals surface area contributed by atoms with E-state index in [1.807, 2.05) is 4.90 Å². The summed E-state index contributed by atoms with van der Waals surface area (Å²) in [4.78, 5) is 18.1. The molecular weight excluding hydrogens is 416 g/mol. The summed E-state index contributed by atoms with van der Waals surface area (Å²) in [5.74, 6) is -0.397. The topological polar surface area (TPSA) is 109 Å². The number of piperidine rings is 1. The van der Waals surface area contributed by atoms with Crippen molar-refractivity contribution < 1.29 is 17.6 Å². The summed E-state index contributed by atoms with van der Waals surface area (Å²) in [5, 5.41) is 7.42. The third kappa shape index (κ3) is 4.05. The molecule has 0 amide bonds. The molecule has 0 saturated carbocycles. The molecular formula is C19H18F4N8. The Bertz CT molecular complexity index is 1150. The van der Waals surface area contributed by atoms with Gasteiger partial charge in [0.05, 0.1) is 12.4 Å². The average Bonchev–Trinajstić information content (AvgIpc) is 3.17. The summed E-state index contributed by atoms with van der Waals surface area (Å²) in [6.07, 6.45) is 2.54. The predicted octanol–water partition coefficient (Wildman–Crippen LogP) is 3.21. The predicted molar refractivity (Wildman–Crippen MR) is 105 cm³/mol. The molecule has 0 aromatic carbocycles. The SMILES string of the molecule is N=C/C(=C(\N)F)C1CCCN(c2ccnc(-c3cnc4cnc(C(F)(F)F)cn34)n2)C1. The van der Waals surface area contributed by atoms with Crippen molar-refractivity contribution in [2.45, 2.75) is 19.0 Å². The van der Waals surface area contributed by atoms with Crippen LogP contribution < -0.4 is 10.6 Å². The molecule has 3 aromatic rings. The van der Waals surface area contributed by atoms with Gasteiger partial charge in [-0.1, -0.05) is 0 Å².